The van der Waals surface area contributed by atoms with Gasteiger partial charge in [0.1, 0.15) is 5.60 Å². The monoisotopic (exact) mass is 632 g/mol. The fourth-order valence-electron chi connectivity index (χ4n) is 6.46. The number of carbonyl (C=O) groups excluding carboxylic acids is 3. The number of amides is 3. The minimum absolute atomic E-state index is 0.163. The van der Waals surface area contributed by atoms with Gasteiger partial charge < -0.3 is 29.9 Å². The smallest absolute Gasteiger partial charge is 0.412 e. The van der Waals surface area contributed by atoms with Crippen LogP contribution in [0.2, 0.25) is 5.02 Å². The highest BCUT2D eigenvalue weighted by Gasteiger charge is 2.45. The standard InChI is InChI=1S/C33H37ClN6O5/c1-2-23-19-22(20-26(34)29(23)35)21-28(30(41)39-17-15-38(16-18-39)24-7-11-36-12-8-24)44-32(43)40-13-9-33(10-14-40)25-5-3-4-6-27(25)37-31(42)45-33/h3-8,11-12,19-20,28H,2,9-10,13-18,21,35H2,1H3,(H,37,42)/t28-/m1/s1. The van der Waals surface area contributed by atoms with Gasteiger partial charge in [-0.25, -0.2) is 9.59 Å². The quantitative estimate of drug-likeness (QED) is 0.370. The van der Waals surface area contributed by atoms with Crippen LogP contribution in [0.5, 0.6) is 0 Å². The van der Waals surface area contributed by atoms with E-state index >= 15 is 0 Å². The number of para-hydroxylation sites is 1. The van der Waals surface area contributed by atoms with Crippen LogP contribution >= 0.6 is 11.6 Å². The van der Waals surface area contributed by atoms with E-state index in [0.717, 1.165) is 22.4 Å². The van der Waals surface area contributed by atoms with E-state index in [1.165, 1.54) is 0 Å². The fraction of sp³-hybridized carbons (Fsp3) is 0.394. The first-order valence-corrected chi connectivity index (χ1v) is 15.7. The van der Waals surface area contributed by atoms with Crippen molar-refractivity contribution in [2.24, 2.45) is 0 Å². The van der Waals surface area contributed by atoms with Gasteiger partial charge in [0, 0.05) is 82.2 Å². The zero-order chi connectivity index (χ0) is 31.6. The zero-order valence-corrected chi connectivity index (χ0v) is 26.0. The highest BCUT2D eigenvalue weighted by molar-refractivity contribution is 6.33. The van der Waals surface area contributed by atoms with E-state index in [-0.39, 0.29) is 12.3 Å². The molecule has 1 atom stereocenters. The maximum absolute atomic E-state index is 14.0. The second-order valence-electron chi connectivity index (χ2n) is 11.6. The first kappa shape index (κ1) is 30.5. The third-order valence-corrected chi connectivity index (χ3v) is 9.30. The molecule has 0 bridgehead atoms. The number of nitrogens with two attached hydrogens (primary N) is 1. The second kappa shape index (κ2) is 12.8. The second-order valence-corrected chi connectivity index (χ2v) is 12.0. The molecule has 2 aromatic carbocycles. The van der Waals surface area contributed by atoms with Gasteiger partial charge >= 0.3 is 12.2 Å². The molecule has 4 heterocycles. The average Bonchev–Trinajstić information content (AvgIpc) is 3.06. The maximum atomic E-state index is 14.0. The van der Waals surface area contributed by atoms with Crippen LogP contribution in [0, 0.1) is 0 Å². The number of nitrogens with one attached hydrogen (secondary N) is 1. The van der Waals surface area contributed by atoms with Crippen molar-refractivity contribution in [3.8, 4) is 0 Å². The van der Waals surface area contributed by atoms with Crippen molar-refractivity contribution in [1.29, 1.82) is 0 Å². The number of hydrogen-bond acceptors (Lipinski definition) is 8. The molecule has 3 amide bonds. The van der Waals surface area contributed by atoms with Crippen molar-refractivity contribution in [2.75, 3.05) is 55.2 Å². The summed E-state index contributed by atoms with van der Waals surface area (Å²) in [6.07, 6.45) is 3.03. The van der Waals surface area contributed by atoms with Gasteiger partial charge in [0.05, 0.1) is 16.4 Å². The SMILES string of the molecule is CCc1cc(C[C@@H](OC(=O)N2CCC3(CC2)OC(=O)Nc2ccccc23)C(=O)N2CCN(c3ccncc3)CC2)cc(Cl)c1N. The topological polar surface area (TPSA) is 130 Å². The molecule has 12 heteroatoms. The summed E-state index contributed by atoms with van der Waals surface area (Å²) in [7, 11) is 0. The summed E-state index contributed by atoms with van der Waals surface area (Å²) >= 11 is 6.44. The molecule has 0 radical (unpaired) electrons. The normalized spacial score (nSPS) is 18.1. The van der Waals surface area contributed by atoms with E-state index < -0.39 is 23.9 Å². The average molecular weight is 633 g/mol. The number of rotatable bonds is 6. The van der Waals surface area contributed by atoms with Crippen LogP contribution in [-0.4, -0.2) is 78.2 Å². The molecule has 0 aliphatic carbocycles. The molecule has 3 aliphatic heterocycles. The number of piperazine rings is 1. The Hall–Kier alpha value is -4.51. The lowest BCUT2D eigenvalue weighted by molar-refractivity contribution is -0.141. The summed E-state index contributed by atoms with van der Waals surface area (Å²) in [5.41, 5.74) is 10.2. The Bertz CT molecular complexity index is 1570. The zero-order valence-electron chi connectivity index (χ0n) is 25.2. The van der Waals surface area contributed by atoms with E-state index in [2.05, 4.69) is 15.2 Å². The van der Waals surface area contributed by atoms with Crippen LogP contribution in [0.4, 0.5) is 26.7 Å². The number of piperidine rings is 1. The number of aromatic nitrogens is 1. The van der Waals surface area contributed by atoms with E-state index in [1.54, 1.807) is 28.3 Å². The van der Waals surface area contributed by atoms with Gasteiger partial charge in [0.15, 0.2) is 6.10 Å². The maximum Gasteiger partial charge on any atom is 0.412 e. The van der Waals surface area contributed by atoms with Crippen molar-refractivity contribution in [2.45, 2.75) is 44.3 Å². The molecule has 0 unspecified atom stereocenters. The molecule has 45 heavy (non-hydrogen) atoms. The van der Waals surface area contributed by atoms with E-state index in [0.29, 0.717) is 74.9 Å². The third kappa shape index (κ3) is 6.35. The minimum Gasteiger partial charge on any atom is -0.438 e. The van der Waals surface area contributed by atoms with Gasteiger partial charge in [0.2, 0.25) is 0 Å². The van der Waals surface area contributed by atoms with Crippen molar-refractivity contribution < 1.29 is 23.9 Å². The summed E-state index contributed by atoms with van der Waals surface area (Å²) in [6.45, 7) is 4.86. The van der Waals surface area contributed by atoms with Crippen LogP contribution in [0.25, 0.3) is 0 Å². The molecule has 1 aromatic heterocycles. The Morgan fingerprint density at radius 1 is 1.04 bits per heavy atom. The molecule has 1 spiro atoms. The van der Waals surface area contributed by atoms with Crippen molar-refractivity contribution in [1.82, 2.24) is 14.8 Å². The van der Waals surface area contributed by atoms with Gasteiger partial charge in [0.25, 0.3) is 5.91 Å². The Morgan fingerprint density at radius 3 is 2.47 bits per heavy atom. The van der Waals surface area contributed by atoms with Crippen molar-refractivity contribution >= 4 is 46.8 Å². The van der Waals surface area contributed by atoms with Crippen molar-refractivity contribution in [3.63, 3.8) is 0 Å². The molecular formula is C33H37ClN6O5. The fourth-order valence-corrected chi connectivity index (χ4v) is 6.72. The summed E-state index contributed by atoms with van der Waals surface area (Å²) < 4.78 is 11.8. The van der Waals surface area contributed by atoms with Gasteiger partial charge in [-0.15, -0.1) is 0 Å². The lowest BCUT2D eigenvalue weighted by Crippen LogP contribution is -2.54. The molecule has 2 saturated heterocycles. The number of halogens is 1. The molecular weight excluding hydrogens is 596 g/mol. The van der Waals surface area contributed by atoms with E-state index in [1.807, 2.05) is 49.4 Å². The molecule has 236 valence electrons. The van der Waals surface area contributed by atoms with Gasteiger partial charge in [-0.3, -0.25) is 15.1 Å². The number of nitrogen functional groups attached to an aromatic ring is 1. The summed E-state index contributed by atoms with van der Waals surface area (Å²) in [4.78, 5) is 49.5. The number of aryl methyl sites for hydroxylation is 1. The number of anilines is 3. The van der Waals surface area contributed by atoms with E-state index in [9.17, 15) is 14.4 Å². The van der Waals surface area contributed by atoms with Gasteiger partial charge in [-0.1, -0.05) is 42.8 Å². The van der Waals surface area contributed by atoms with Gasteiger partial charge in [-0.05, 0) is 41.8 Å². The molecule has 0 saturated carbocycles. The highest BCUT2D eigenvalue weighted by atomic mass is 35.5. The number of pyridine rings is 1. The molecule has 11 nitrogen and oxygen atoms in total. The number of hydrogen-bond donors (Lipinski definition) is 2. The number of carbonyl (C=O) groups is 3. The van der Waals surface area contributed by atoms with Crippen LogP contribution in [-0.2, 0) is 32.7 Å². The molecule has 6 rings (SSSR count). The summed E-state index contributed by atoms with van der Waals surface area (Å²) in [5.74, 6) is -0.251. The predicted octanol–water partition coefficient (Wildman–Crippen LogP) is 4.83. The molecule has 2 fully saturated rings. The summed E-state index contributed by atoms with van der Waals surface area (Å²) in [6, 6.07) is 15.1. The van der Waals surface area contributed by atoms with E-state index in [4.69, 9.17) is 26.8 Å². The number of fused-ring (bicyclic) bond motifs is 2. The lowest BCUT2D eigenvalue weighted by atomic mass is 9.82. The number of ether oxygens (including phenoxy) is 2. The highest BCUT2D eigenvalue weighted by Crippen LogP contribution is 2.43. The van der Waals surface area contributed by atoms with Crippen LogP contribution in [0.1, 0.15) is 36.5 Å². The first-order chi connectivity index (χ1) is 21.8. The minimum atomic E-state index is -1.05. The Labute approximate surface area is 267 Å². The number of likely N-dealkylation sites (tertiary alicyclic amines) is 1. The van der Waals surface area contributed by atoms with Crippen LogP contribution in [0.3, 0.4) is 0 Å². The molecule has 3 aliphatic rings. The largest absolute Gasteiger partial charge is 0.438 e. The third-order valence-electron chi connectivity index (χ3n) is 8.99. The molecule has 3 aromatic rings. The molecule has 3 N–H and O–H groups in total. The predicted molar refractivity (Wildman–Crippen MR) is 171 cm³/mol. The summed E-state index contributed by atoms with van der Waals surface area (Å²) in [5, 5.41) is 3.16. The van der Waals surface area contributed by atoms with Crippen molar-refractivity contribution in [3.05, 3.63) is 82.6 Å². The van der Waals surface area contributed by atoms with Crippen LogP contribution < -0.4 is 16.0 Å². The Morgan fingerprint density at radius 2 is 1.76 bits per heavy atom. The van der Waals surface area contributed by atoms with Gasteiger partial charge in [-0.2, -0.15) is 0 Å². The number of benzene rings is 2. The number of nitrogens with zero attached hydrogens (tertiary/aromatic N) is 4. The Balaban J connectivity index is 1.17. The first-order valence-electron chi connectivity index (χ1n) is 15.3. The van der Waals surface area contributed by atoms with Crippen LogP contribution in [0.15, 0.2) is 60.9 Å². The Kier molecular flexibility index (Phi) is 8.71. The lowest BCUT2D eigenvalue weighted by Gasteiger charge is -2.44.